The van der Waals surface area contributed by atoms with Crippen LogP contribution >= 0.6 is 0 Å². The van der Waals surface area contributed by atoms with Crippen molar-refractivity contribution >= 4 is 16.7 Å². The van der Waals surface area contributed by atoms with E-state index in [1.54, 1.807) is 6.92 Å². The molecule has 1 saturated heterocycles. The summed E-state index contributed by atoms with van der Waals surface area (Å²) >= 11 is 0. The van der Waals surface area contributed by atoms with Crippen molar-refractivity contribution in [3.05, 3.63) is 47.5 Å². The number of carbonyl (C=O) groups excluding carboxylic acids is 1. The number of rotatable bonds is 5. The van der Waals surface area contributed by atoms with Gasteiger partial charge in [-0.2, -0.15) is 0 Å². The van der Waals surface area contributed by atoms with E-state index < -0.39 is 0 Å². The Morgan fingerprint density at radius 2 is 2.08 bits per heavy atom. The second kappa shape index (κ2) is 7.80. The van der Waals surface area contributed by atoms with E-state index in [0.29, 0.717) is 5.92 Å². The van der Waals surface area contributed by atoms with Gasteiger partial charge in [0.25, 0.3) is 0 Å². The lowest BCUT2D eigenvalue weighted by molar-refractivity contribution is -0.119. The Kier molecular flexibility index (Phi) is 5.52. The van der Waals surface area contributed by atoms with Gasteiger partial charge in [-0.05, 0) is 60.5 Å². The summed E-state index contributed by atoms with van der Waals surface area (Å²) in [6, 6.07) is 13.2. The molecule has 1 aliphatic heterocycles. The van der Waals surface area contributed by atoms with Crippen molar-refractivity contribution < 1.29 is 4.79 Å². The first-order valence-electron chi connectivity index (χ1n) is 9.07. The van der Waals surface area contributed by atoms with Gasteiger partial charge in [0.1, 0.15) is 0 Å². The van der Waals surface area contributed by atoms with E-state index in [1.165, 1.54) is 41.3 Å². The van der Waals surface area contributed by atoms with Crippen LogP contribution in [0.2, 0.25) is 0 Å². The lowest BCUT2D eigenvalue weighted by atomic mass is 9.93. The van der Waals surface area contributed by atoms with E-state index in [0.717, 1.165) is 26.1 Å². The van der Waals surface area contributed by atoms with Crippen LogP contribution in [0.5, 0.6) is 0 Å². The molecule has 3 nitrogen and oxygen atoms in total. The van der Waals surface area contributed by atoms with Gasteiger partial charge in [-0.25, -0.2) is 0 Å². The average Bonchev–Trinajstić information content (AvgIpc) is 2.58. The van der Waals surface area contributed by atoms with Crippen molar-refractivity contribution in [3.8, 4) is 0 Å². The molecule has 0 aromatic heterocycles. The molecule has 1 N–H and O–H groups in total. The van der Waals surface area contributed by atoms with Crippen LogP contribution in [-0.4, -0.2) is 30.4 Å². The number of fused-ring (bicyclic) bond motifs is 1. The molecule has 1 fully saturated rings. The van der Waals surface area contributed by atoms with Crippen LogP contribution in [0.15, 0.2) is 36.4 Å². The highest BCUT2D eigenvalue weighted by atomic mass is 16.1. The number of piperidine rings is 1. The maximum absolute atomic E-state index is 11.0. The molecule has 128 valence electrons. The van der Waals surface area contributed by atoms with Crippen molar-refractivity contribution in [2.75, 3.05) is 19.6 Å². The van der Waals surface area contributed by atoms with Gasteiger partial charge >= 0.3 is 0 Å². The largest absolute Gasteiger partial charge is 0.356 e. The van der Waals surface area contributed by atoms with Crippen LogP contribution < -0.4 is 5.32 Å². The molecule has 3 rings (SSSR count). The number of carbonyl (C=O) groups is 1. The fourth-order valence-electron chi connectivity index (χ4n) is 3.86. The summed E-state index contributed by atoms with van der Waals surface area (Å²) in [5, 5.41) is 5.65. The van der Waals surface area contributed by atoms with Crippen molar-refractivity contribution in [1.82, 2.24) is 10.2 Å². The zero-order valence-electron chi connectivity index (χ0n) is 14.8. The minimum absolute atomic E-state index is 0.0778. The fraction of sp³-hybridized carbons (Fsp3) is 0.476. The van der Waals surface area contributed by atoms with Crippen molar-refractivity contribution in [2.24, 2.45) is 5.92 Å². The lowest BCUT2D eigenvalue weighted by Gasteiger charge is -2.33. The number of likely N-dealkylation sites (tertiary alicyclic amines) is 1. The maximum atomic E-state index is 11.0. The molecule has 24 heavy (non-hydrogen) atoms. The van der Waals surface area contributed by atoms with E-state index in [-0.39, 0.29) is 5.91 Å². The molecular formula is C21H28N2O. The molecule has 0 aliphatic carbocycles. The van der Waals surface area contributed by atoms with Gasteiger partial charge < -0.3 is 5.32 Å². The van der Waals surface area contributed by atoms with Crippen LogP contribution in [0.4, 0.5) is 0 Å². The minimum Gasteiger partial charge on any atom is -0.356 e. The number of amides is 1. The summed E-state index contributed by atoms with van der Waals surface area (Å²) in [6.07, 6.45) is 3.63. The first-order valence-corrected chi connectivity index (χ1v) is 9.07. The Morgan fingerprint density at radius 1 is 1.25 bits per heavy atom. The molecular weight excluding hydrogens is 296 g/mol. The van der Waals surface area contributed by atoms with E-state index in [9.17, 15) is 4.79 Å². The number of benzene rings is 2. The summed E-state index contributed by atoms with van der Waals surface area (Å²) < 4.78 is 0. The quantitative estimate of drug-likeness (QED) is 0.905. The summed E-state index contributed by atoms with van der Waals surface area (Å²) in [4.78, 5) is 13.6. The minimum atomic E-state index is 0.0778. The smallest absolute Gasteiger partial charge is 0.216 e. The predicted octanol–water partition coefficient (Wildman–Crippen LogP) is 3.89. The summed E-state index contributed by atoms with van der Waals surface area (Å²) in [5.41, 5.74) is 2.85. The Morgan fingerprint density at radius 3 is 2.92 bits per heavy atom. The second-order valence-electron chi connectivity index (χ2n) is 7.10. The first-order chi connectivity index (χ1) is 11.6. The molecule has 0 radical (unpaired) electrons. The Hall–Kier alpha value is -1.87. The van der Waals surface area contributed by atoms with E-state index in [4.69, 9.17) is 0 Å². The number of nitrogens with one attached hydrogen (secondary N) is 1. The third-order valence-corrected chi connectivity index (χ3v) is 5.19. The van der Waals surface area contributed by atoms with Crippen LogP contribution in [-0.2, 0) is 11.3 Å². The summed E-state index contributed by atoms with van der Waals surface area (Å²) in [5.74, 6) is 0.773. The molecule has 0 saturated carbocycles. The zero-order chi connectivity index (χ0) is 16.9. The normalized spacial score (nSPS) is 18.7. The van der Waals surface area contributed by atoms with Gasteiger partial charge in [0.2, 0.25) is 5.91 Å². The van der Waals surface area contributed by atoms with Gasteiger partial charge in [-0.15, -0.1) is 0 Å². The summed E-state index contributed by atoms with van der Waals surface area (Å²) in [7, 11) is 0. The number of aryl methyl sites for hydroxylation is 1. The third-order valence-electron chi connectivity index (χ3n) is 5.19. The molecule has 1 aliphatic rings. The molecule has 0 unspecified atom stereocenters. The topological polar surface area (TPSA) is 32.3 Å². The SMILES string of the molecule is CC(=O)NCC[C@H]1CCCN(Cc2c(C)ccc3ccccc23)C1. The average molecular weight is 324 g/mol. The van der Waals surface area contributed by atoms with Gasteiger partial charge in [0.05, 0.1) is 0 Å². The second-order valence-corrected chi connectivity index (χ2v) is 7.10. The Bertz CT molecular complexity index is 710. The number of hydrogen-bond acceptors (Lipinski definition) is 2. The van der Waals surface area contributed by atoms with Crippen LogP contribution in [0.3, 0.4) is 0 Å². The zero-order valence-corrected chi connectivity index (χ0v) is 14.8. The van der Waals surface area contributed by atoms with Crippen molar-refractivity contribution in [3.63, 3.8) is 0 Å². The standard InChI is InChI=1S/C21H28N2O/c1-16-9-10-19-7-3-4-8-20(19)21(16)15-23-13-5-6-18(14-23)11-12-22-17(2)24/h3-4,7-10,18H,5-6,11-15H2,1-2H3,(H,22,24)/t18-/m1/s1. The highest BCUT2D eigenvalue weighted by Gasteiger charge is 2.20. The van der Waals surface area contributed by atoms with E-state index in [1.807, 2.05) is 0 Å². The van der Waals surface area contributed by atoms with Crippen molar-refractivity contribution in [2.45, 2.75) is 39.7 Å². The first kappa shape index (κ1) is 17.0. The van der Waals surface area contributed by atoms with Gasteiger partial charge in [-0.1, -0.05) is 36.4 Å². The predicted molar refractivity (Wildman–Crippen MR) is 100.0 cm³/mol. The molecule has 2 aromatic rings. The molecule has 1 atom stereocenters. The van der Waals surface area contributed by atoms with Gasteiger partial charge in [-0.3, -0.25) is 9.69 Å². The molecule has 0 spiro atoms. The van der Waals surface area contributed by atoms with E-state index >= 15 is 0 Å². The Balaban J connectivity index is 1.67. The monoisotopic (exact) mass is 324 g/mol. The molecule has 2 aromatic carbocycles. The molecule has 1 heterocycles. The number of hydrogen-bond donors (Lipinski definition) is 1. The molecule has 3 heteroatoms. The fourth-order valence-corrected chi connectivity index (χ4v) is 3.86. The van der Waals surface area contributed by atoms with Gasteiger partial charge in [0.15, 0.2) is 0 Å². The molecule has 0 bridgehead atoms. The molecule has 1 amide bonds. The third kappa shape index (κ3) is 4.15. The lowest BCUT2D eigenvalue weighted by Crippen LogP contribution is -2.36. The van der Waals surface area contributed by atoms with Crippen LogP contribution in [0.25, 0.3) is 10.8 Å². The Labute approximate surface area is 145 Å². The highest BCUT2D eigenvalue weighted by Crippen LogP contribution is 2.26. The van der Waals surface area contributed by atoms with Crippen molar-refractivity contribution in [1.29, 1.82) is 0 Å². The van der Waals surface area contributed by atoms with E-state index in [2.05, 4.69) is 53.5 Å². The van der Waals surface area contributed by atoms with Gasteiger partial charge in [0, 0.05) is 26.6 Å². The summed E-state index contributed by atoms with van der Waals surface area (Å²) in [6.45, 7) is 7.98. The highest BCUT2D eigenvalue weighted by molar-refractivity contribution is 5.86. The van der Waals surface area contributed by atoms with Crippen LogP contribution in [0, 0.1) is 12.8 Å². The number of nitrogens with zero attached hydrogens (tertiary/aromatic N) is 1. The maximum Gasteiger partial charge on any atom is 0.216 e. The van der Waals surface area contributed by atoms with Crippen LogP contribution in [0.1, 0.15) is 37.3 Å².